The summed E-state index contributed by atoms with van der Waals surface area (Å²) in [5.74, 6) is -0.196. The standard InChI is InChI=1S/C27H21F3N4O2/c1-3-17-20(28)7-4-13-8-16(35)9-18(22(13)17)23-21(29)10-19-25(24(23)30)32-27(36-2)33-26(19)34-11-14-5-6-15(12-34)31-14/h1,4,7-10,14-15,31,35H,5-6,11-12H2,2H3. The lowest BCUT2D eigenvalue weighted by atomic mass is 9.92. The van der Waals surface area contributed by atoms with Gasteiger partial charge in [-0.1, -0.05) is 12.0 Å². The Morgan fingerprint density at radius 3 is 2.53 bits per heavy atom. The largest absolute Gasteiger partial charge is 0.508 e. The lowest BCUT2D eigenvalue weighted by Gasteiger charge is -2.34. The number of benzene rings is 3. The van der Waals surface area contributed by atoms with Gasteiger partial charge < -0.3 is 20.1 Å². The molecule has 0 saturated carbocycles. The minimum absolute atomic E-state index is 0.0593. The third kappa shape index (κ3) is 3.40. The number of nitrogens with zero attached hydrogens (tertiary/aromatic N) is 3. The molecule has 2 atom stereocenters. The predicted octanol–water partition coefficient (Wildman–Crippen LogP) is 4.50. The fraction of sp³-hybridized carbons (Fsp3) is 0.259. The molecule has 4 aromatic rings. The molecule has 6 nitrogen and oxygen atoms in total. The average Bonchev–Trinajstić information content (AvgIpc) is 3.20. The second kappa shape index (κ2) is 8.28. The van der Waals surface area contributed by atoms with Gasteiger partial charge in [0.25, 0.3) is 0 Å². The number of phenols is 1. The maximum Gasteiger partial charge on any atom is 0.318 e. The first kappa shape index (κ1) is 22.4. The Morgan fingerprint density at radius 2 is 1.83 bits per heavy atom. The van der Waals surface area contributed by atoms with Crippen molar-refractivity contribution in [1.82, 2.24) is 15.3 Å². The van der Waals surface area contributed by atoms with Crippen LogP contribution in [0.1, 0.15) is 18.4 Å². The first-order valence-corrected chi connectivity index (χ1v) is 11.5. The van der Waals surface area contributed by atoms with E-state index < -0.39 is 23.0 Å². The van der Waals surface area contributed by atoms with Crippen molar-refractivity contribution in [3.8, 4) is 35.2 Å². The highest BCUT2D eigenvalue weighted by Crippen LogP contribution is 2.41. The second-order valence-corrected chi connectivity index (χ2v) is 9.18. The molecule has 0 aliphatic carbocycles. The maximum atomic E-state index is 16.2. The molecule has 2 N–H and O–H groups in total. The zero-order valence-corrected chi connectivity index (χ0v) is 19.3. The van der Waals surface area contributed by atoms with E-state index in [9.17, 15) is 9.50 Å². The molecule has 2 fully saturated rings. The summed E-state index contributed by atoms with van der Waals surface area (Å²) in [6.07, 6.45) is 7.59. The van der Waals surface area contributed by atoms with Gasteiger partial charge in [0.15, 0.2) is 5.82 Å². The van der Waals surface area contributed by atoms with Gasteiger partial charge in [-0.2, -0.15) is 9.97 Å². The Labute approximate surface area is 204 Å². The van der Waals surface area contributed by atoms with E-state index >= 15 is 8.78 Å². The molecule has 2 saturated heterocycles. The Morgan fingerprint density at radius 1 is 1.08 bits per heavy atom. The summed E-state index contributed by atoms with van der Waals surface area (Å²) >= 11 is 0. The van der Waals surface area contributed by atoms with E-state index in [1.165, 1.54) is 31.4 Å². The van der Waals surface area contributed by atoms with E-state index in [4.69, 9.17) is 11.2 Å². The molecule has 6 rings (SSSR count). The van der Waals surface area contributed by atoms with Crippen LogP contribution in [0.5, 0.6) is 11.8 Å². The monoisotopic (exact) mass is 490 g/mol. The van der Waals surface area contributed by atoms with Gasteiger partial charge in [-0.3, -0.25) is 0 Å². The number of methoxy groups -OCH3 is 1. The Bertz CT molecular complexity index is 1590. The number of hydrogen-bond acceptors (Lipinski definition) is 6. The summed E-state index contributed by atoms with van der Waals surface area (Å²) in [4.78, 5) is 10.6. The molecule has 0 amide bonds. The highest BCUT2D eigenvalue weighted by molar-refractivity contribution is 6.04. The van der Waals surface area contributed by atoms with Crippen LogP contribution >= 0.6 is 0 Å². The summed E-state index contributed by atoms with van der Waals surface area (Å²) < 4.78 is 51.8. The quantitative estimate of drug-likeness (QED) is 0.412. The average molecular weight is 490 g/mol. The third-order valence-electron chi connectivity index (χ3n) is 7.01. The van der Waals surface area contributed by atoms with Crippen LogP contribution in [-0.4, -0.2) is 47.4 Å². The number of ether oxygens (including phenoxy) is 1. The van der Waals surface area contributed by atoms with Crippen LogP contribution in [-0.2, 0) is 0 Å². The van der Waals surface area contributed by atoms with Crippen LogP contribution in [0.25, 0.3) is 32.8 Å². The van der Waals surface area contributed by atoms with Gasteiger partial charge in [-0.15, -0.1) is 6.42 Å². The maximum absolute atomic E-state index is 16.2. The minimum atomic E-state index is -0.982. The summed E-state index contributed by atoms with van der Waals surface area (Å²) in [7, 11) is 1.37. The highest BCUT2D eigenvalue weighted by Gasteiger charge is 2.34. The van der Waals surface area contributed by atoms with Crippen LogP contribution in [0.3, 0.4) is 0 Å². The number of nitrogens with one attached hydrogen (secondary N) is 1. The topological polar surface area (TPSA) is 70.5 Å². The Balaban J connectivity index is 1.64. The van der Waals surface area contributed by atoms with Crippen molar-refractivity contribution in [2.75, 3.05) is 25.1 Å². The molecule has 2 aliphatic heterocycles. The Hall–Kier alpha value is -4.03. The fourth-order valence-electron chi connectivity index (χ4n) is 5.47. The van der Waals surface area contributed by atoms with E-state index in [1.807, 2.05) is 4.90 Å². The van der Waals surface area contributed by atoms with Crippen LogP contribution in [0.2, 0.25) is 0 Å². The van der Waals surface area contributed by atoms with E-state index in [0.29, 0.717) is 24.3 Å². The molecule has 2 aliphatic rings. The molecule has 0 radical (unpaired) electrons. The van der Waals surface area contributed by atoms with Gasteiger partial charge >= 0.3 is 6.01 Å². The molecule has 2 unspecified atom stereocenters. The third-order valence-corrected chi connectivity index (χ3v) is 7.01. The Kier molecular flexibility index (Phi) is 5.16. The summed E-state index contributed by atoms with van der Waals surface area (Å²) in [6, 6.07) is 6.73. The van der Waals surface area contributed by atoms with Crippen molar-refractivity contribution in [3.63, 3.8) is 0 Å². The van der Waals surface area contributed by atoms with E-state index in [0.717, 1.165) is 18.9 Å². The zero-order valence-electron chi connectivity index (χ0n) is 19.3. The van der Waals surface area contributed by atoms with Crippen molar-refractivity contribution in [1.29, 1.82) is 0 Å². The van der Waals surface area contributed by atoms with Crippen LogP contribution < -0.4 is 15.0 Å². The molecule has 2 bridgehead atoms. The molecule has 0 spiro atoms. The number of anilines is 1. The number of fused-ring (bicyclic) bond motifs is 4. The van der Waals surface area contributed by atoms with E-state index in [-0.39, 0.29) is 51.3 Å². The SMILES string of the molecule is C#Cc1c(F)ccc2cc(O)cc(-c3c(F)cc4c(N5CC6CCC(C5)N6)nc(OC)nc4c3F)c12. The summed E-state index contributed by atoms with van der Waals surface area (Å²) in [5.41, 5.74) is -0.848. The number of piperazine rings is 1. The summed E-state index contributed by atoms with van der Waals surface area (Å²) in [6.45, 7) is 1.28. The molecule has 36 heavy (non-hydrogen) atoms. The first-order chi connectivity index (χ1) is 17.4. The molecular formula is C27H21F3N4O2. The number of hydrogen-bond donors (Lipinski definition) is 2. The van der Waals surface area contributed by atoms with Crippen molar-refractivity contribution in [3.05, 3.63) is 53.3 Å². The van der Waals surface area contributed by atoms with Crippen molar-refractivity contribution in [2.24, 2.45) is 0 Å². The molecule has 182 valence electrons. The number of aromatic nitrogens is 2. The molecular weight excluding hydrogens is 469 g/mol. The lowest BCUT2D eigenvalue weighted by Crippen LogP contribution is -2.51. The highest BCUT2D eigenvalue weighted by atomic mass is 19.1. The number of rotatable bonds is 3. The van der Waals surface area contributed by atoms with E-state index in [2.05, 4.69) is 21.2 Å². The number of aromatic hydroxyl groups is 1. The van der Waals surface area contributed by atoms with Gasteiger partial charge in [-0.25, -0.2) is 13.2 Å². The van der Waals surface area contributed by atoms with Gasteiger partial charge in [-0.05, 0) is 42.5 Å². The number of phenolic OH excluding ortho intramolecular Hbond substituents is 1. The van der Waals surface area contributed by atoms with Crippen LogP contribution in [0.15, 0.2) is 30.3 Å². The van der Waals surface area contributed by atoms with Gasteiger partial charge in [0.2, 0.25) is 0 Å². The minimum Gasteiger partial charge on any atom is -0.508 e. The number of terminal acetylenes is 1. The first-order valence-electron chi connectivity index (χ1n) is 11.5. The van der Waals surface area contributed by atoms with Gasteiger partial charge in [0, 0.05) is 41.5 Å². The van der Waals surface area contributed by atoms with Crippen LogP contribution in [0, 0.1) is 29.8 Å². The smallest absolute Gasteiger partial charge is 0.318 e. The molecule has 1 aromatic heterocycles. The van der Waals surface area contributed by atoms with Crippen molar-refractivity contribution in [2.45, 2.75) is 24.9 Å². The molecule has 3 heterocycles. The predicted molar refractivity (Wildman–Crippen MR) is 131 cm³/mol. The molecule has 3 aromatic carbocycles. The van der Waals surface area contributed by atoms with Crippen molar-refractivity contribution >= 4 is 27.5 Å². The zero-order chi connectivity index (χ0) is 25.1. The van der Waals surface area contributed by atoms with E-state index in [1.54, 1.807) is 0 Å². The normalized spacial score (nSPS) is 19.1. The van der Waals surface area contributed by atoms with Crippen LogP contribution in [0.4, 0.5) is 19.0 Å². The molecule has 9 heteroatoms. The van der Waals surface area contributed by atoms with Gasteiger partial charge in [0.05, 0.1) is 18.2 Å². The summed E-state index contributed by atoms with van der Waals surface area (Å²) in [5, 5.41) is 14.5. The second-order valence-electron chi connectivity index (χ2n) is 9.18. The fourth-order valence-corrected chi connectivity index (χ4v) is 5.47. The van der Waals surface area contributed by atoms with Gasteiger partial charge in [0.1, 0.15) is 28.7 Å². The number of halogens is 3. The van der Waals surface area contributed by atoms with Crippen molar-refractivity contribution < 1.29 is 23.0 Å². The lowest BCUT2D eigenvalue weighted by molar-refractivity contribution is 0.380.